The normalized spacial score (nSPS) is 16.9. The number of fused-ring (bicyclic) bond motifs is 1. The Bertz CT molecular complexity index is 512. The smallest absolute Gasteiger partial charge is 0.125 e. The lowest BCUT2D eigenvalue weighted by molar-refractivity contribution is 0.420. The van der Waals surface area contributed by atoms with Gasteiger partial charge in [-0.1, -0.05) is 6.42 Å². The van der Waals surface area contributed by atoms with Crippen molar-refractivity contribution in [1.82, 2.24) is 9.78 Å². The summed E-state index contributed by atoms with van der Waals surface area (Å²) in [6.45, 7) is 0. The number of nitrogens with zero attached hydrogens (tertiary/aromatic N) is 2. The van der Waals surface area contributed by atoms with Crippen molar-refractivity contribution in [1.29, 1.82) is 0 Å². The molecule has 0 saturated heterocycles. The van der Waals surface area contributed by atoms with Crippen LogP contribution in [0.5, 0.6) is 0 Å². The van der Waals surface area contributed by atoms with E-state index in [4.69, 9.17) is 0 Å². The second-order valence-corrected chi connectivity index (χ2v) is 4.32. The zero-order valence-corrected chi connectivity index (χ0v) is 8.70. The van der Waals surface area contributed by atoms with E-state index in [1.54, 1.807) is 16.8 Å². The van der Waals surface area contributed by atoms with Gasteiger partial charge in [0, 0.05) is 12.4 Å². The molecule has 15 heavy (non-hydrogen) atoms. The monoisotopic (exact) mass is 204 g/mol. The highest BCUT2D eigenvalue weighted by Gasteiger charge is 2.23. The Labute approximate surface area is 87.7 Å². The van der Waals surface area contributed by atoms with E-state index in [9.17, 15) is 4.39 Å². The SMILES string of the molecule is Cn1ncc2c(C3CCC3)cc(F)cc21. The van der Waals surface area contributed by atoms with Crippen molar-refractivity contribution in [3.8, 4) is 0 Å². The fraction of sp³-hybridized carbons (Fsp3) is 0.417. The maximum atomic E-state index is 13.4. The second-order valence-electron chi connectivity index (χ2n) is 4.32. The van der Waals surface area contributed by atoms with Gasteiger partial charge in [0.05, 0.1) is 11.7 Å². The molecule has 0 bridgehead atoms. The quantitative estimate of drug-likeness (QED) is 0.698. The Hall–Kier alpha value is -1.38. The molecule has 2 nitrogen and oxygen atoms in total. The summed E-state index contributed by atoms with van der Waals surface area (Å²) in [7, 11) is 1.85. The largest absolute Gasteiger partial charge is 0.268 e. The molecule has 1 saturated carbocycles. The van der Waals surface area contributed by atoms with Gasteiger partial charge in [0.25, 0.3) is 0 Å². The molecule has 0 aliphatic heterocycles. The molecule has 1 fully saturated rings. The summed E-state index contributed by atoms with van der Waals surface area (Å²) < 4.78 is 15.2. The van der Waals surface area contributed by atoms with Crippen LogP contribution in [0, 0.1) is 5.82 Å². The molecule has 2 aromatic rings. The fourth-order valence-corrected chi connectivity index (χ4v) is 2.30. The number of hydrogen-bond acceptors (Lipinski definition) is 1. The first-order valence-electron chi connectivity index (χ1n) is 5.37. The van der Waals surface area contributed by atoms with Crippen LogP contribution in [-0.2, 0) is 7.05 Å². The first-order chi connectivity index (χ1) is 7.25. The van der Waals surface area contributed by atoms with Gasteiger partial charge in [0.2, 0.25) is 0 Å². The molecule has 0 unspecified atom stereocenters. The van der Waals surface area contributed by atoms with Crippen LogP contribution in [0.15, 0.2) is 18.3 Å². The molecule has 0 atom stereocenters. The molecule has 1 aliphatic carbocycles. The van der Waals surface area contributed by atoms with Gasteiger partial charge >= 0.3 is 0 Å². The van der Waals surface area contributed by atoms with Gasteiger partial charge in [0.1, 0.15) is 5.82 Å². The van der Waals surface area contributed by atoms with Crippen LogP contribution in [0.25, 0.3) is 10.9 Å². The third-order valence-corrected chi connectivity index (χ3v) is 3.41. The van der Waals surface area contributed by atoms with E-state index in [0.717, 1.165) is 16.5 Å². The minimum Gasteiger partial charge on any atom is -0.268 e. The summed E-state index contributed by atoms with van der Waals surface area (Å²) in [5, 5.41) is 5.30. The van der Waals surface area contributed by atoms with Crippen LogP contribution in [0.2, 0.25) is 0 Å². The molecule has 3 rings (SSSR count). The molecular formula is C12H13FN2. The molecule has 0 radical (unpaired) electrons. The van der Waals surface area contributed by atoms with Gasteiger partial charge in [-0.3, -0.25) is 4.68 Å². The van der Waals surface area contributed by atoms with Gasteiger partial charge in [0.15, 0.2) is 0 Å². The molecule has 78 valence electrons. The Kier molecular flexibility index (Phi) is 1.81. The number of aryl methyl sites for hydroxylation is 1. The number of hydrogen-bond donors (Lipinski definition) is 0. The van der Waals surface area contributed by atoms with Gasteiger partial charge in [-0.05, 0) is 36.5 Å². The summed E-state index contributed by atoms with van der Waals surface area (Å²) in [5.41, 5.74) is 2.04. The molecular weight excluding hydrogens is 191 g/mol. The van der Waals surface area contributed by atoms with Crippen LogP contribution >= 0.6 is 0 Å². The van der Waals surface area contributed by atoms with Gasteiger partial charge in [-0.25, -0.2) is 4.39 Å². The Morgan fingerprint density at radius 2 is 2.20 bits per heavy atom. The second kappa shape index (κ2) is 3.05. The standard InChI is InChI=1S/C12H13FN2/c1-15-12-6-9(13)5-10(8-3-2-4-8)11(12)7-14-15/h5-8H,2-4H2,1H3. The highest BCUT2D eigenvalue weighted by Crippen LogP contribution is 2.39. The van der Waals surface area contributed by atoms with Crippen LogP contribution < -0.4 is 0 Å². The van der Waals surface area contributed by atoms with Crippen molar-refractivity contribution in [2.75, 3.05) is 0 Å². The lowest BCUT2D eigenvalue weighted by Gasteiger charge is -2.26. The minimum absolute atomic E-state index is 0.145. The maximum Gasteiger partial charge on any atom is 0.125 e. The Morgan fingerprint density at radius 1 is 1.40 bits per heavy atom. The van der Waals surface area contributed by atoms with Crippen molar-refractivity contribution < 1.29 is 4.39 Å². The van der Waals surface area contributed by atoms with E-state index in [0.29, 0.717) is 5.92 Å². The summed E-state index contributed by atoms with van der Waals surface area (Å²) in [4.78, 5) is 0. The zero-order chi connectivity index (χ0) is 10.4. The molecule has 1 aromatic heterocycles. The van der Waals surface area contributed by atoms with Crippen LogP contribution in [0.1, 0.15) is 30.7 Å². The third-order valence-electron chi connectivity index (χ3n) is 3.41. The van der Waals surface area contributed by atoms with Crippen LogP contribution in [-0.4, -0.2) is 9.78 Å². The molecule has 1 aliphatic rings. The van der Waals surface area contributed by atoms with Crippen molar-refractivity contribution in [3.63, 3.8) is 0 Å². The number of halogens is 1. The summed E-state index contributed by atoms with van der Waals surface area (Å²) in [6, 6.07) is 3.23. The minimum atomic E-state index is -0.145. The molecule has 0 N–H and O–H groups in total. The molecule has 1 aromatic carbocycles. The molecule has 3 heteroatoms. The number of rotatable bonds is 1. The van der Waals surface area contributed by atoms with Crippen molar-refractivity contribution in [3.05, 3.63) is 29.7 Å². The van der Waals surface area contributed by atoms with Crippen molar-refractivity contribution >= 4 is 10.9 Å². The highest BCUT2D eigenvalue weighted by molar-refractivity contribution is 5.83. The van der Waals surface area contributed by atoms with E-state index in [2.05, 4.69) is 5.10 Å². The van der Waals surface area contributed by atoms with Crippen molar-refractivity contribution in [2.24, 2.45) is 7.05 Å². The van der Waals surface area contributed by atoms with E-state index in [1.165, 1.54) is 19.3 Å². The Balaban J connectivity index is 2.26. The van der Waals surface area contributed by atoms with E-state index >= 15 is 0 Å². The van der Waals surface area contributed by atoms with Gasteiger partial charge < -0.3 is 0 Å². The third kappa shape index (κ3) is 1.26. The maximum absolute atomic E-state index is 13.4. The van der Waals surface area contributed by atoms with E-state index in [-0.39, 0.29) is 5.82 Å². The molecule has 0 spiro atoms. The van der Waals surface area contributed by atoms with Crippen LogP contribution in [0.3, 0.4) is 0 Å². The van der Waals surface area contributed by atoms with Gasteiger partial charge in [-0.15, -0.1) is 0 Å². The predicted molar refractivity (Wildman–Crippen MR) is 57.3 cm³/mol. The Morgan fingerprint density at radius 3 is 2.87 bits per heavy atom. The average Bonchev–Trinajstić information content (AvgIpc) is 2.45. The number of aromatic nitrogens is 2. The topological polar surface area (TPSA) is 17.8 Å². The highest BCUT2D eigenvalue weighted by atomic mass is 19.1. The summed E-state index contributed by atoms with van der Waals surface area (Å²) >= 11 is 0. The lowest BCUT2D eigenvalue weighted by Crippen LogP contribution is -2.09. The summed E-state index contributed by atoms with van der Waals surface area (Å²) in [6.07, 6.45) is 5.49. The first-order valence-corrected chi connectivity index (χ1v) is 5.37. The first kappa shape index (κ1) is 8.89. The summed E-state index contributed by atoms with van der Waals surface area (Å²) in [5.74, 6) is 0.403. The van der Waals surface area contributed by atoms with Crippen LogP contribution in [0.4, 0.5) is 4.39 Å². The van der Waals surface area contributed by atoms with Crippen molar-refractivity contribution in [2.45, 2.75) is 25.2 Å². The zero-order valence-electron chi connectivity index (χ0n) is 8.70. The number of benzene rings is 1. The van der Waals surface area contributed by atoms with E-state index < -0.39 is 0 Å². The lowest BCUT2D eigenvalue weighted by atomic mass is 9.79. The van der Waals surface area contributed by atoms with E-state index in [1.807, 2.05) is 13.2 Å². The average molecular weight is 204 g/mol. The molecule has 1 heterocycles. The fourth-order valence-electron chi connectivity index (χ4n) is 2.30. The van der Waals surface area contributed by atoms with Gasteiger partial charge in [-0.2, -0.15) is 5.10 Å². The predicted octanol–water partition coefficient (Wildman–Crippen LogP) is 2.98. The molecule has 0 amide bonds.